The molecule has 0 saturated carbocycles. The van der Waals surface area contributed by atoms with E-state index in [1.165, 1.54) is 21.1 Å². The third kappa shape index (κ3) is 4.97. The number of ether oxygens (including phenoxy) is 5. The first-order valence-electron chi connectivity index (χ1n) is 8.83. The van der Waals surface area contributed by atoms with E-state index in [0.717, 1.165) is 0 Å². The van der Waals surface area contributed by atoms with Gasteiger partial charge in [-0.15, -0.1) is 0 Å². The molecule has 2 heterocycles. The fraction of sp³-hybridized carbons (Fsp3) is 0.938. The van der Waals surface area contributed by atoms with Crippen molar-refractivity contribution in [2.45, 2.75) is 68.3 Å². The zero-order valence-corrected chi connectivity index (χ0v) is 15.9. The lowest BCUT2D eigenvalue weighted by Gasteiger charge is -2.47. The second-order valence-electron chi connectivity index (χ2n) is 6.75. The van der Waals surface area contributed by atoms with E-state index >= 15 is 0 Å². The number of amides is 1. The van der Waals surface area contributed by atoms with Crippen LogP contribution in [-0.2, 0) is 28.5 Å². The summed E-state index contributed by atoms with van der Waals surface area (Å²) in [5, 5.41) is 53.0. The summed E-state index contributed by atoms with van der Waals surface area (Å²) < 4.78 is 26.6. The van der Waals surface area contributed by atoms with Gasteiger partial charge >= 0.3 is 0 Å². The van der Waals surface area contributed by atoms with Gasteiger partial charge in [-0.1, -0.05) is 0 Å². The van der Waals surface area contributed by atoms with Gasteiger partial charge < -0.3 is 54.5 Å². The van der Waals surface area contributed by atoms with Crippen LogP contribution in [-0.4, -0.2) is 120 Å². The number of hydrogen-bond donors (Lipinski definition) is 6. The standard InChI is InChI=1S/C16H29NO11/c1-6(19)17-9-11(21)14(7(4-18)26-15(9)25-3)28-16-13(23)12(22)10(20)8(27-16)5-24-2/h7-16,18,20-23H,4-5H2,1-3H3,(H,17,19)/t7?,8?,9?,10-,11?,12?,13?,14-,15-,16-/m0/s1. The smallest absolute Gasteiger partial charge is 0.217 e. The summed E-state index contributed by atoms with van der Waals surface area (Å²) in [6.07, 6.45) is -11.9. The van der Waals surface area contributed by atoms with Gasteiger partial charge in [0, 0.05) is 21.1 Å². The summed E-state index contributed by atoms with van der Waals surface area (Å²) >= 11 is 0. The molecule has 2 fully saturated rings. The van der Waals surface area contributed by atoms with E-state index in [0.29, 0.717) is 0 Å². The summed E-state index contributed by atoms with van der Waals surface area (Å²) in [5.74, 6) is -0.455. The van der Waals surface area contributed by atoms with Gasteiger partial charge in [0.25, 0.3) is 0 Å². The molecule has 0 aromatic heterocycles. The number of aliphatic hydroxyl groups excluding tert-OH is 5. The SMILES string of the molecule is COCC1O[C@@H](O[C@H]2C(CO)O[C@H](OC)C(NC(C)=O)C2O)C(O)C(O)[C@H]1O. The second-order valence-corrected chi connectivity index (χ2v) is 6.75. The Bertz CT molecular complexity index is 509. The van der Waals surface area contributed by atoms with E-state index in [9.17, 15) is 30.3 Å². The van der Waals surface area contributed by atoms with Crippen molar-refractivity contribution >= 4 is 5.91 Å². The average molecular weight is 411 g/mol. The molecule has 0 aliphatic carbocycles. The Morgan fingerprint density at radius 2 is 1.61 bits per heavy atom. The maximum absolute atomic E-state index is 11.4. The molecule has 6 N–H and O–H groups in total. The van der Waals surface area contributed by atoms with Gasteiger partial charge in [-0.05, 0) is 0 Å². The van der Waals surface area contributed by atoms with Gasteiger partial charge in [-0.2, -0.15) is 0 Å². The van der Waals surface area contributed by atoms with Crippen LogP contribution in [0.15, 0.2) is 0 Å². The number of rotatable bonds is 7. The van der Waals surface area contributed by atoms with Crippen molar-refractivity contribution in [1.29, 1.82) is 0 Å². The minimum absolute atomic E-state index is 0.0851. The molecular formula is C16H29NO11. The molecule has 10 atom stereocenters. The van der Waals surface area contributed by atoms with Crippen molar-refractivity contribution in [1.82, 2.24) is 5.32 Å². The molecule has 164 valence electrons. The number of hydrogen-bond acceptors (Lipinski definition) is 11. The molecule has 0 radical (unpaired) electrons. The molecule has 1 amide bonds. The van der Waals surface area contributed by atoms with Gasteiger partial charge in [-0.25, -0.2) is 0 Å². The van der Waals surface area contributed by atoms with Crippen LogP contribution in [0.4, 0.5) is 0 Å². The molecule has 2 aliphatic rings. The molecule has 12 nitrogen and oxygen atoms in total. The van der Waals surface area contributed by atoms with Crippen LogP contribution in [0.1, 0.15) is 6.92 Å². The maximum atomic E-state index is 11.4. The predicted molar refractivity (Wildman–Crippen MR) is 89.8 cm³/mol. The molecule has 28 heavy (non-hydrogen) atoms. The molecule has 0 bridgehead atoms. The van der Waals surface area contributed by atoms with Crippen molar-refractivity contribution in [3.8, 4) is 0 Å². The zero-order valence-electron chi connectivity index (χ0n) is 15.9. The average Bonchev–Trinajstić information content (AvgIpc) is 2.66. The molecule has 0 aromatic carbocycles. The lowest BCUT2D eigenvalue weighted by atomic mass is 9.95. The number of nitrogens with one attached hydrogen (secondary N) is 1. The van der Waals surface area contributed by atoms with Crippen LogP contribution in [0.5, 0.6) is 0 Å². The molecule has 12 heteroatoms. The largest absolute Gasteiger partial charge is 0.394 e. The highest BCUT2D eigenvalue weighted by Gasteiger charge is 2.51. The van der Waals surface area contributed by atoms with Crippen molar-refractivity contribution in [2.24, 2.45) is 0 Å². The number of carbonyl (C=O) groups is 1. The van der Waals surface area contributed by atoms with Crippen LogP contribution in [0.2, 0.25) is 0 Å². The van der Waals surface area contributed by atoms with Crippen molar-refractivity contribution < 1.29 is 54.0 Å². The summed E-state index contributed by atoms with van der Waals surface area (Å²) in [4.78, 5) is 11.4. The van der Waals surface area contributed by atoms with Gasteiger partial charge in [0.15, 0.2) is 12.6 Å². The Morgan fingerprint density at radius 1 is 0.964 bits per heavy atom. The highest BCUT2D eigenvalue weighted by atomic mass is 16.7. The van der Waals surface area contributed by atoms with Crippen LogP contribution >= 0.6 is 0 Å². The Labute approximate surface area is 161 Å². The number of aliphatic hydroxyl groups is 5. The first kappa shape index (κ1) is 23.3. The molecule has 0 aromatic rings. The lowest BCUT2D eigenvalue weighted by molar-refractivity contribution is -0.347. The lowest BCUT2D eigenvalue weighted by Crippen LogP contribution is -2.67. The minimum Gasteiger partial charge on any atom is -0.394 e. The monoisotopic (exact) mass is 411 g/mol. The first-order chi connectivity index (χ1) is 13.2. The van der Waals surface area contributed by atoms with Crippen LogP contribution in [0.3, 0.4) is 0 Å². The van der Waals surface area contributed by atoms with E-state index in [1.807, 2.05) is 0 Å². The maximum Gasteiger partial charge on any atom is 0.217 e. The normalized spacial score (nSPS) is 44.3. The highest BCUT2D eigenvalue weighted by Crippen LogP contribution is 2.29. The van der Waals surface area contributed by atoms with E-state index in [1.54, 1.807) is 0 Å². The molecule has 2 aliphatic heterocycles. The highest BCUT2D eigenvalue weighted by molar-refractivity contribution is 5.73. The number of methoxy groups -OCH3 is 2. The van der Waals surface area contributed by atoms with E-state index in [4.69, 9.17) is 23.7 Å². The predicted octanol–water partition coefficient (Wildman–Crippen LogP) is -3.95. The molecule has 2 saturated heterocycles. The first-order valence-corrected chi connectivity index (χ1v) is 8.83. The van der Waals surface area contributed by atoms with Crippen molar-refractivity contribution in [3.63, 3.8) is 0 Å². The van der Waals surface area contributed by atoms with Crippen molar-refractivity contribution in [3.05, 3.63) is 0 Å². The Kier molecular flexibility index (Phi) is 8.51. The van der Waals surface area contributed by atoms with Gasteiger partial charge in [0.1, 0.15) is 48.8 Å². The van der Waals surface area contributed by atoms with Crippen molar-refractivity contribution in [2.75, 3.05) is 27.4 Å². The van der Waals surface area contributed by atoms with Gasteiger partial charge in [0.05, 0.1) is 13.2 Å². The Morgan fingerprint density at radius 3 is 2.14 bits per heavy atom. The summed E-state index contributed by atoms with van der Waals surface area (Å²) in [5.41, 5.74) is 0. The quantitative estimate of drug-likeness (QED) is 0.241. The molecule has 6 unspecified atom stereocenters. The van der Waals surface area contributed by atoms with Gasteiger partial charge in [0.2, 0.25) is 5.91 Å². The Hall–Kier alpha value is -0.930. The van der Waals surface area contributed by atoms with E-state index < -0.39 is 73.9 Å². The minimum atomic E-state index is -1.64. The van der Waals surface area contributed by atoms with Crippen LogP contribution < -0.4 is 5.32 Å². The zero-order chi connectivity index (χ0) is 21.0. The van der Waals surface area contributed by atoms with E-state index in [2.05, 4.69) is 5.32 Å². The van der Waals surface area contributed by atoms with E-state index in [-0.39, 0.29) is 6.61 Å². The Balaban J connectivity index is 2.19. The molecule has 2 rings (SSSR count). The molecule has 0 spiro atoms. The third-order valence-corrected chi connectivity index (χ3v) is 4.75. The summed E-state index contributed by atoms with van der Waals surface area (Å²) in [7, 11) is 2.68. The third-order valence-electron chi connectivity index (χ3n) is 4.75. The van der Waals surface area contributed by atoms with Crippen LogP contribution in [0.25, 0.3) is 0 Å². The fourth-order valence-corrected chi connectivity index (χ4v) is 3.31. The molecular weight excluding hydrogens is 382 g/mol. The topological polar surface area (TPSA) is 176 Å². The number of carbonyl (C=O) groups excluding carboxylic acids is 1. The van der Waals surface area contributed by atoms with Gasteiger partial charge in [-0.3, -0.25) is 4.79 Å². The summed E-state index contributed by atoms with van der Waals surface area (Å²) in [6, 6.07) is -1.03. The second kappa shape index (κ2) is 10.2. The fourth-order valence-electron chi connectivity index (χ4n) is 3.31. The summed E-state index contributed by atoms with van der Waals surface area (Å²) in [6.45, 7) is 0.594. The van der Waals surface area contributed by atoms with Crippen LogP contribution in [0, 0.1) is 0 Å².